The van der Waals surface area contributed by atoms with E-state index in [-0.39, 0.29) is 383 Å². The molecule has 0 aliphatic rings. The Labute approximate surface area is 469 Å². The molecule has 0 rings (SSSR count). The molecular weight excluding hydrogens is 1800 g/mol. The van der Waals surface area contributed by atoms with Crippen molar-refractivity contribution in [3.05, 3.63) is 252 Å². The predicted octanol–water partition coefficient (Wildman–Crippen LogP) is 21.2. The third kappa shape index (κ3) is 19800. The van der Waals surface area contributed by atoms with E-state index in [9.17, 15) is 0 Å². The first-order valence-corrected chi connectivity index (χ1v) is 5.95. The van der Waals surface area contributed by atoms with Gasteiger partial charge in [0.2, 0.25) is 0 Å². The zero-order chi connectivity index (χ0) is 14.3. The van der Waals surface area contributed by atoms with Crippen LogP contribution in [0.3, 0.4) is 0 Å². The Kier molecular flexibility index (Phi) is 15200. The standard InChI is InChI=1S/2C4H10.2C2H8N2.24CH3.12H2N.6Os/c2*1-4(2)3;2*1-2(3)4;;;;;;;;;;;;;;;;;;;;;;;;;;;;;;;;;;;;;;;;;;/h2*4H,1-3H3;2*2H,3-4H2,1H3;24*1H3;12*1H2;;;;;;/q;;;;36*-1;6*+6. The Hall–Kier alpha value is 3.18. The van der Waals surface area contributed by atoms with Crippen molar-refractivity contribution in [2.24, 2.45) is 34.8 Å². The first kappa shape index (κ1) is 962. The van der Waals surface area contributed by atoms with Crippen LogP contribution in [0.25, 0.3) is 73.8 Å². The molecule has 404 valence electrons. The molecule has 0 heterocycles. The van der Waals surface area contributed by atoms with Crippen molar-refractivity contribution in [1.29, 1.82) is 0 Å². The summed E-state index contributed by atoms with van der Waals surface area (Å²) in [4.78, 5) is 0. The predicted molar refractivity (Wildman–Crippen MR) is 294 cm³/mol. The van der Waals surface area contributed by atoms with Crippen LogP contribution in [-0.2, 0) is 119 Å². The van der Waals surface area contributed by atoms with Crippen LogP contribution in [0.4, 0.5) is 0 Å². The molecule has 0 atom stereocenters. The van der Waals surface area contributed by atoms with E-state index >= 15 is 0 Å². The fraction of sp³-hybridized carbons (Fsp3) is 0.333. The summed E-state index contributed by atoms with van der Waals surface area (Å²) < 4.78 is 0. The van der Waals surface area contributed by atoms with Crippen LogP contribution < -0.4 is 22.9 Å². The second-order valence-electron chi connectivity index (χ2n) is 5.18. The van der Waals surface area contributed by atoms with E-state index in [1.807, 2.05) is 0 Å². The fourth-order valence-electron chi connectivity index (χ4n) is 0. The van der Waals surface area contributed by atoms with E-state index in [1.165, 1.54) is 0 Å². The third-order valence-electron chi connectivity index (χ3n) is 0. The molecule has 0 aliphatic heterocycles. The van der Waals surface area contributed by atoms with Crippen LogP contribution in [-0.4, -0.2) is 12.3 Å². The van der Waals surface area contributed by atoms with Gasteiger partial charge in [-0.05, 0) is 25.7 Å². The van der Waals surface area contributed by atoms with Gasteiger partial charge in [-0.1, -0.05) is 41.5 Å². The van der Waals surface area contributed by atoms with Gasteiger partial charge in [-0.3, -0.25) is 0 Å². The summed E-state index contributed by atoms with van der Waals surface area (Å²) in [6.45, 7) is 16.4. The Balaban J connectivity index is -0.000000000606. The monoisotopic (exact) mass is 1940 g/mol. The molecule has 58 heavy (non-hydrogen) atoms. The van der Waals surface area contributed by atoms with Crippen molar-refractivity contribution >= 4 is 0 Å². The molecular formula is C36H132N16Os6. The van der Waals surface area contributed by atoms with E-state index in [0.29, 0.717) is 0 Å². The quantitative estimate of drug-likeness (QED) is 0.136. The molecule has 0 amide bonds. The molecule has 0 saturated heterocycles. The van der Waals surface area contributed by atoms with Gasteiger partial charge in [-0.25, -0.2) is 0 Å². The van der Waals surface area contributed by atoms with Crippen molar-refractivity contribution in [2.75, 3.05) is 0 Å². The molecule has 0 radical (unpaired) electrons. The van der Waals surface area contributed by atoms with Crippen LogP contribution in [0.5, 0.6) is 0 Å². The van der Waals surface area contributed by atoms with Crippen LogP contribution in [0.2, 0.25) is 0 Å². The number of hydrogen-bond acceptors (Lipinski definition) is 4. The zero-order valence-corrected chi connectivity index (χ0v) is 60.9. The minimum absolute atomic E-state index is 0. The van der Waals surface area contributed by atoms with Gasteiger partial charge in [0.25, 0.3) is 0 Å². The molecule has 0 fully saturated rings. The molecule has 16 nitrogen and oxygen atoms in total. The summed E-state index contributed by atoms with van der Waals surface area (Å²) in [7, 11) is 0. The normalized spacial score (nSPS) is 2.48. The number of nitrogens with two attached hydrogens (primary N) is 16. The average Bonchev–Trinajstić information content (AvgIpc) is 1.76. The first-order valence-electron chi connectivity index (χ1n) is 5.95. The minimum Gasteiger partial charge on any atom is -0.693 e. The van der Waals surface area contributed by atoms with Crippen molar-refractivity contribution < 1.29 is 119 Å². The molecule has 0 spiro atoms. The van der Waals surface area contributed by atoms with Crippen LogP contribution in [0.15, 0.2) is 0 Å². The molecule has 0 aromatic carbocycles. The SMILES string of the molecule is CC(C)C.CC(C)C.CC(N)N.CC(N)N.[CH3-].[CH3-].[CH3-].[CH3-].[CH3-].[CH3-].[CH3-].[CH3-].[CH3-].[CH3-].[CH3-].[CH3-].[CH3-].[CH3-].[CH3-].[CH3-].[CH3-].[CH3-].[CH3-].[CH3-].[CH3-].[CH3-].[CH3-].[CH3-].[NH2-].[NH2-].[NH2-].[NH2-].[NH2-].[NH2-].[NH2-].[NH2-].[NH2-].[NH2-].[NH2-].[NH2-].[Os+6].[Os+6].[Os+6].[Os+6].[Os+6].[Os+6]. The second kappa shape index (κ2) is 915. The van der Waals surface area contributed by atoms with E-state index < -0.39 is 0 Å². The maximum absolute atomic E-state index is 4.89. The Morgan fingerprint density at radius 2 is 0.172 bits per heavy atom. The maximum Gasteiger partial charge on any atom is 6.00 e. The zero-order valence-electron chi connectivity index (χ0n) is 45.7. The van der Waals surface area contributed by atoms with Crippen molar-refractivity contribution in [3.8, 4) is 0 Å². The second-order valence-corrected chi connectivity index (χ2v) is 5.18. The Morgan fingerprint density at radius 1 is 0.172 bits per heavy atom. The maximum atomic E-state index is 4.89. The summed E-state index contributed by atoms with van der Waals surface area (Å²) in [6, 6.07) is 0. The molecule has 22 heteroatoms. The van der Waals surface area contributed by atoms with E-state index in [2.05, 4.69) is 41.5 Å². The molecule has 0 saturated carbocycles. The Morgan fingerprint density at radius 3 is 0.172 bits per heavy atom. The topological polar surface area (TPSA) is 506 Å². The molecule has 0 unspecified atom stereocenters. The summed E-state index contributed by atoms with van der Waals surface area (Å²) >= 11 is 0. The smallest absolute Gasteiger partial charge is 0.693 e. The van der Waals surface area contributed by atoms with Crippen LogP contribution >= 0.6 is 0 Å². The van der Waals surface area contributed by atoms with Gasteiger partial charge in [0.05, 0.1) is 0 Å². The summed E-state index contributed by atoms with van der Waals surface area (Å²) in [5.74, 6) is 1.67. The average molecular weight is 1930 g/mol. The van der Waals surface area contributed by atoms with Gasteiger partial charge in [0.15, 0.2) is 0 Å². The Bertz CT molecular complexity index is 117. The molecule has 0 bridgehead atoms. The van der Waals surface area contributed by atoms with Gasteiger partial charge in [-0.2, -0.15) is 0 Å². The van der Waals surface area contributed by atoms with E-state index in [0.717, 1.165) is 11.8 Å². The van der Waals surface area contributed by atoms with Crippen LogP contribution in [0.1, 0.15) is 55.4 Å². The van der Waals surface area contributed by atoms with E-state index in [1.54, 1.807) is 13.8 Å². The van der Waals surface area contributed by atoms with Gasteiger partial charge < -0.3 is 275 Å². The first-order chi connectivity index (χ1) is 6.93. The van der Waals surface area contributed by atoms with Crippen LogP contribution in [0, 0.1) is 190 Å². The van der Waals surface area contributed by atoms with Gasteiger partial charge >= 0.3 is 119 Å². The minimum atomic E-state index is -0.167. The third-order valence-corrected chi connectivity index (χ3v) is 0. The summed E-state index contributed by atoms with van der Waals surface area (Å²) in [6.07, 6.45) is -0.333. The molecule has 32 N–H and O–H groups in total. The van der Waals surface area contributed by atoms with Crippen molar-refractivity contribution in [3.63, 3.8) is 0 Å². The summed E-state index contributed by atoms with van der Waals surface area (Å²) in [5, 5.41) is 0. The van der Waals surface area contributed by atoms with Gasteiger partial charge in [-0.15, -0.1) is 0 Å². The van der Waals surface area contributed by atoms with Crippen molar-refractivity contribution in [2.45, 2.75) is 67.7 Å². The molecule has 0 aromatic heterocycles. The number of hydrogen-bond donors (Lipinski definition) is 4. The molecule has 0 aromatic rings. The summed E-state index contributed by atoms with van der Waals surface area (Å²) in [5.41, 5.74) is 19.6. The fourth-order valence-corrected chi connectivity index (χ4v) is 0. The van der Waals surface area contributed by atoms with Gasteiger partial charge in [0.1, 0.15) is 0 Å². The van der Waals surface area contributed by atoms with E-state index in [4.69, 9.17) is 22.9 Å². The number of rotatable bonds is 0. The largest absolute Gasteiger partial charge is 6.00 e. The van der Waals surface area contributed by atoms with Gasteiger partial charge in [0, 0.05) is 12.3 Å². The van der Waals surface area contributed by atoms with Crippen molar-refractivity contribution in [1.82, 2.24) is 0 Å². The molecule has 0 aliphatic carbocycles.